The molecule has 8 heteroatoms. The Kier molecular flexibility index (Phi) is 5.83. The van der Waals surface area contributed by atoms with E-state index in [9.17, 15) is 18.4 Å². The van der Waals surface area contributed by atoms with Gasteiger partial charge in [0.15, 0.2) is 11.6 Å². The predicted octanol–water partition coefficient (Wildman–Crippen LogP) is 3.46. The first kappa shape index (κ1) is 17.8. The molecule has 0 heterocycles. The van der Waals surface area contributed by atoms with Gasteiger partial charge in [-0.05, 0) is 36.4 Å². The van der Waals surface area contributed by atoms with Crippen molar-refractivity contribution in [3.63, 3.8) is 0 Å². The van der Waals surface area contributed by atoms with Crippen molar-refractivity contribution < 1.29 is 23.1 Å². The Morgan fingerprint density at radius 3 is 2.17 bits per heavy atom. The monoisotopic (exact) mass is 354 g/mol. The van der Waals surface area contributed by atoms with Gasteiger partial charge in [0.2, 0.25) is 5.91 Å². The molecule has 0 aliphatic heterocycles. The fourth-order valence-corrected chi connectivity index (χ4v) is 2.10. The van der Waals surface area contributed by atoms with Crippen molar-refractivity contribution >= 4 is 34.8 Å². The van der Waals surface area contributed by atoms with Crippen LogP contribution in [0.15, 0.2) is 36.4 Å². The fourth-order valence-electron chi connectivity index (χ4n) is 1.86. The molecule has 0 aromatic heterocycles. The zero-order chi connectivity index (χ0) is 17.7. The maximum absolute atomic E-state index is 13.2. The van der Waals surface area contributed by atoms with Gasteiger partial charge in [-0.15, -0.1) is 0 Å². The van der Waals surface area contributed by atoms with Gasteiger partial charge in [0.1, 0.15) is 6.61 Å². The Morgan fingerprint density at radius 2 is 1.58 bits per heavy atom. The molecule has 0 unspecified atom stereocenters. The summed E-state index contributed by atoms with van der Waals surface area (Å²) in [5, 5.41) is 4.89. The van der Waals surface area contributed by atoms with Crippen LogP contribution in [0.3, 0.4) is 0 Å². The van der Waals surface area contributed by atoms with E-state index in [1.807, 2.05) is 0 Å². The fraction of sp³-hybridized carbons (Fsp3) is 0.125. The number of hydrogen-bond acceptors (Lipinski definition) is 3. The second kappa shape index (κ2) is 7.85. The first-order valence-electron chi connectivity index (χ1n) is 6.75. The summed E-state index contributed by atoms with van der Waals surface area (Å²) in [6.07, 6.45) is 0. The maximum atomic E-state index is 13.2. The van der Waals surface area contributed by atoms with E-state index in [2.05, 4.69) is 10.6 Å². The highest BCUT2D eigenvalue weighted by atomic mass is 35.5. The number of anilines is 2. The summed E-state index contributed by atoms with van der Waals surface area (Å²) in [6, 6.07) is 7.67. The summed E-state index contributed by atoms with van der Waals surface area (Å²) in [6.45, 7) is -0.0763. The normalized spacial score (nSPS) is 10.3. The van der Waals surface area contributed by atoms with Crippen molar-refractivity contribution in [2.75, 3.05) is 24.4 Å². The van der Waals surface area contributed by atoms with Gasteiger partial charge in [-0.3, -0.25) is 9.59 Å². The van der Waals surface area contributed by atoms with Gasteiger partial charge in [-0.2, -0.15) is 0 Å². The largest absolute Gasteiger partial charge is 0.375 e. The number of rotatable bonds is 5. The van der Waals surface area contributed by atoms with Crippen LogP contribution in [0.25, 0.3) is 0 Å². The highest BCUT2D eigenvalue weighted by molar-refractivity contribution is 6.34. The number of benzene rings is 2. The third-order valence-corrected chi connectivity index (χ3v) is 3.27. The Morgan fingerprint density at radius 1 is 1.04 bits per heavy atom. The lowest BCUT2D eigenvalue weighted by Crippen LogP contribution is -2.17. The lowest BCUT2D eigenvalue weighted by molar-refractivity contribution is -0.119. The van der Waals surface area contributed by atoms with E-state index >= 15 is 0 Å². The summed E-state index contributed by atoms with van der Waals surface area (Å²) >= 11 is 5.75. The van der Waals surface area contributed by atoms with Crippen LogP contribution in [0.2, 0.25) is 5.02 Å². The third kappa shape index (κ3) is 4.50. The number of methoxy groups -OCH3 is 1. The van der Waals surface area contributed by atoms with Crippen molar-refractivity contribution in [1.82, 2.24) is 0 Å². The summed E-state index contributed by atoms with van der Waals surface area (Å²) < 4.78 is 30.9. The lowest BCUT2D eigenvalue weighted by atomic mass is 10.2. The Labute approximate surface area is 141 Å². The summed E-state index contributed by atoms with van der Waals surface area (Å²) in [4.78, 5) is 23.4. The quantitative estimate of drug-likeness (QED) is 0.808. The molecule has 0 fully saturated rings. The molecule has 0 saturated heterocycles. The maximum Gasteiger partial charge on any atom is 0.257 e. The zero-order valence-corrected chi connectivity index (χ0v) is 13.3. The molecule has 0 saturated carbocycles. The first-order valence-corrected chi connectivity index (χ1v) is 7.13. The molecule has 0 aliphatic rings. The molecule has 0 spiro atoms. The highest BCUT2D eigenvalue weighted by Gasteiger charge is 2.15. The molecule has 2 N–H and O–H groups in total. The van der Waals surface area contributed by atoms with Crippen LogP contribution in [-0.4, -0.2) is 25.5 Å². The van der Waals surface area contributed by atoms with Crippen molar-refractivity contribution in [1.29, 1.82) is 0 Å². The van der Waals surface area contributed by atoms with Gasteiger partial charge in [0, 0.05) is 18.5 Å². The number of amides is 2. The second-order valence-electron chi connectivity index (χ2n) is 4.76. The van der Waals surface area contributed by atoms with Crippen molar-refractivity contribution in [2.24, 2.45) is 0 Å². The smallest absolute Gasteiger partial charge is 0.257 e. The van der Waals surface area contributed by atoms with Crippen molar-refractivity contribution in [3.8, 4) is 0 Å². The molecule has 0 bridgehead atoms. The molecule has 126 valence electrons. The first-order chi connectivity index (χ1) is 11.4. The molecule has 0 atom stereocenters. The SMILES string of the molecule is COCC(=O)Nc1ccc(NC(=O)c2cc(F)c(F)cc2Cl)cc1. The van der Waals surface area contributed by atoms with E-state index in [1.165, 1.54) is 19.2 Å². The number of carbonyl (C=O) groups excluding carboxylic acids is 2. The van der Waals surface area contributed by atoms with Crippen LogP contribution >= 0.6 is 11.6 Å². The number of halogens is 3. The van der Waals surface area contributed by atoms with Crippen LogP contribution in [0, 0.1) is 11.6 Å². The molecule has 2 amide bonds. The predicted molar refractivity (Wildman–Crippen MR) is 86.3 cm³/mol. The van der Waals surface area contributed by atoms with Gasteiger partial charge in [-0.25, -0.2) is 8.78 Å². The average molecular weight is 355 g/mol. The molecular weight excluding hydrogens is 342 g/mol. The molecule has 2 aromatic carbocycles. The number of carbonyl (C=O) groups is 2. The summed E-state index contributed by atoms with van der Waals surface area (Å²) in [5.41, 5.74) is 0.722. The van der Waals surface area contributed by atoms with E-state index in [4.69, 9.17) is 16.3 Å². The zero-order valence-electron chi connectivity index (χ0n) is 12.5. The third-order valence-electron chi connectivity index (χ3n) is 2.96. The molecule has 5 nitrogen and oxygen atoms in total. The van der Waals surface area contributed by atoms with Gasteiger partial charge >= 0.3 is 0 Å². The minimum absolute atomic E-state index is 0.0763. The standard InChI is InChI=1S/C16H13ClF2N2O3/c1-24-8-15(22)20-9-2-4-10(5-3-9)21-16(23)11-6-13(18)14(19)7-12(11)17/h2-7H,8H2,1H3,(H,20,22)(H,21,23). The Balaban J connectivity index is 2.07. The van der Waals surface area contributed by atoms with Crippen molar-refractivity contribution in [2.45, 2.75) is 0 Å². The minimum atomic E-state index is -1.17. The van der Waals surface area contributed by atoms with Crippen LogP contribution < -0.4 is 10.6 Å². The average Bonchev–Trinajstić information content (AvgIpc) is 2.53. The lowest BCUT2D eigenvalue weighted by Gasteiger charge is -2.09. The summed E-state index contributed by atoms with van der Waals surface area (Å²) in [5.74, 6) is -3.30. The minimum Gasteiger partial charge on any atom is -0.375 e. The van der Waals surface area contributed by atoms with E-state index in [1.54, 1.807) is 12.1 Å². The van der Waals surface area contributed by atoms with Crippen LogP contribution in [0.5, 0.6) is 0 Å². The molecule has 2 aromatic rings. The van der Waals surface area contributed by atoms with Gasteiger partial charge in [-0.1, -0.05) is 11.6 Å². The van der Waals surface area contributed by atoms with Gasteiger partial charge in [0.05, 0.1) is 10.6 Å². The van der Waals surface area contributed by atoms with Gasteiger partial charge in [0.25, 0.3) is 5.91 Å². The summed E-state index contributed by atoms with van der Waals surface area (Å²) in [7, 11) is 1.40. The van der Waals surface area contributed by atoms with E-state index in [0.717, 1.165) is 12.1 Å². The molecule has 0 radical (unpaired) electrons. The van der Waals surface area contributed by atoms with Crippen LogP contribution in [0.1, 0.15) is 10.4 Å². The number of nitrogens with one attached hydrogen (secondary N) is 2. The molecular formula is C16H13ClF2N2O3. The highest BCUT2D eigenvalue weighted by Crippen LogP contribution is 2.22. The Bertz CT molecular complexity index is 767. The molecule has 2 rings (SSSR count). The van der Waals surface area contributed by atoms with E-state index in [0.29, 0.717) is 11.4 Å². The molecule has 0 aliphatic carbocycles. The van der Waals surface area contributed by atoms with Crippen molar-refractivity contribution in [3.05, 3.63) is 58.6 Å². The number of ether oxygens (including phenoxy) is 1. The van der Waals surface area contributed by atoms with Gasteiger partial charge < -0.3 is 15.4 Å². The molecule has 24 heavy (non-hydrogen) atoms. The van der Waals surface area contributed by atoms with Crippen LogP contribution in [0.4, 0.5) is 20.2 Å². The van der Waals surface area contributed by atoms with E-state index in [-0.39, 0.29) is 23.1 Å². The van der Waals surface area contributed by atoms with Crippen LogP contribution in [-0.2, 0) is 9.53 Å². The van der Waals surface area contributed by atoms with E-state index < -0.39 is 17.5 Å². The Hall–Kier alpha value is -2.51. The topological polar surface area (TPSA) is 67.4 Å². The second-order valence-corrected chi connectivity index (χ2v) is 5.17. The number of hydrogen-bond donors (Lipinski definition) is 2.